The number of carbonyl (C=O) groups excluding carboxylic acids is 1. The van der Waals surface area contributed by atoms with Gasteiger partial charge < -0.3 is 19.8 Å². The van der Waals surface area contributed by atoms with Crippen molar-refractivity contribution >= 4 is 11.7 Å². The Morgan fingerprint density at radius 3 is 3.04 bits per heavy atom. The molecule has 0 aliphatic heterocycles. The second-order valence-electron chi connectivity index (χ2n) is 5.76. The molecule has 2 amide bonds. The summed E-state index contributed by atoms with van der Waals surface area (Å²) in [5, 5.41) is 5.91. The highest BCUT2D eigenvalue weighted by Gasteiger charge is 2.24. The second kappa shape index (κ2) is 6.77. The van der Waals surface area contributed by atoms with Crippen molar-refractivity contribution in [3.05, 3.63) is 47.4 Å². The first-order chi connectivity index (χ1) is 11.2. The Kier molecular flexibility index (Phi) is 4.55. The second-order valence-corrected chi connectivity index (χ2v) is 5.76. The third kappa shape index (κ3) is 3.50. The first-order valence-corrected chi connectivity index (χ1v) is 8.04. The van der Waals surface area contributed by atoms with Crippen LogP contribution in [-0.2, 0) is 6.42 Å². The Hall–Kier alpha value is -2.43. The number of fused-ring (bicyclic) bond motifs is 1. The van der Waals surface area contributed by atoms with Gasteiger partial charge in [-0.2, -0.15) is 0 Å². The zero-order valence-electron chi connectivity index (χ0n) is 13.5. The number of nitrogens with one attached hydrogen (secondary N) is 2. The summed E-state index contributed by atoms with van der Waals surface area (Å²) < 4.78 is 11.0. The molecule has 1 aliphatic rings. The molecule has 1 unspecified atom stereocenters. The quantitative estimate of drug-likeness (QED) is 0.889. The summed E-state index contributed by atoms with van der Waals surface area (Å²) >= 11 is 0. The van der Waals surface area contributed by atoms with Crippen LogP contribution in [0.25, 0.3) is 0 Å². The van der Waals surface area contributed by atoms with Crippen LogP contribution in [0.1, 0.15) is 42.7 Å². The molecular weight excluding hydrogens is 292 g/mol. The van der Waals surface area contributed by atoms with E-state index in [1.54, 1.807) is 6.26 Å². The van der Waals surface area contributed by atoms with Gasteiger partial charge in [0.2, 0.25) is 0 Å². The molecule has 0 spiro atoms. The lowest BCUT2D eigenvalue weighted by atomic mass is 9.93. The number of urea groups is 1. The maximum Gasteiger partial charge on any atom is 0.319 e. The van der Waals surface area contributed by atoms with Crippen LogP contribution in [0.15, 0.2) is 34.9 Å². The third-order valence-corrected chi connectivity index (χ3v) is 4.09. The molecule has 0 fully saturated rings. The molecule has 1 aromatic heterocycles. The number of hydrogen-bond donors (Lipinski definition) is 2. The molecule has 2 N–H and O–H groups in total. The van der Waals surface area contributed by atoms with E-state index in [0.29, 0.717) is 6.61 Å². The van der Waals surface area contributed by atoms with Gasteiger partial charge in [-0.15, -0.1) is 0 Å². The van der Waals surface area contributed by atoms with E-state index >= 15 is 0 Å². The molecule has 0 bridgehead atoms. The lowest BCUT2D eigenvalue weighted by Gasteiger charge is -2.23. The highest BCUT2D eigenvalue weighted by atomic mass is 16.5. The molecular formula is C18H22N2O3. The van der Waals surface area contributed by atoms with E-state index < -0.39 is 0 Å². The Labute approximate surface area is 136 Å². The van der Waals surface area contributed by atoms with Crippen LogP contribution in [0.3, 0.4) is 0 Å². The molecule has 1 aromatic carbocycles. The van der Waals surface area contributed by atoms with E-state index in [1.165, 1.54) is 0 Å². The van der Waals surface area contributed by atoms with Gasteiger partial charge in [-0.25, -0.2) is 4.79 Å². The zero-order valence-corrected chi connectivity index (χ0v) is 13.5. The minimum Gasteiger partial charge on any atom is -0.494 e. The fourth-order valence-electron chi connectivity index (χ4n) is 3.01. The predicted octanol–water partition coefficient (Wildman–Crippen LogP) is 4.19. The van der Waals surface area contributed by atoms with E-state index in [2.05, 4.69) is 10.6 Å². The normalized spacial score (nSPS) is 16.5. The van der Waals surface area contributed by atoms with Crippen LogP contribution in [0.4, 0.5) is 10.5 Å². The van der Waals surface area contributed by atoms with Gasteiger partial charge in [0.15, 0.2) is 0 Å². The van der Waals surface area contributed by atoms with Crippen molar-refractivity contribution in [1.29, 1.82) is 0 Å². The molecule has 5 heteroatoms. The molecule has 3 rings (SSSR count). The number of amides is 2. The third-order valence-electron chi connectivity index (χ3n) is 4.09. The summed E-state index contributed by atoms with van der Waals surface area (Å²) in [6.07, 6.45) is 4.59. The lowest BCUT2D eigenvalue weighted by molar-refractivity contribution is 0.246. The Balaban J connectivity index is 1.63. The summed E-state index contributed by atoms with van der Waals surface area (Å²) in [5.74, 6) is 1.83. The number of ether oxygens (including phenoxy) is 1. The zero-order chi connectivity index (χ0) is 16.2. The van der Waals surface area contributed by atoms with Gasteiger partial charge >= 0.3 is 6.03 Å². The fraction of sp³-hybridized carbons (Fsp3) is 0.389. The van der Waals surface area contributed by atoms with Crippen molar-refractivity contribution < 1.29 is 13.9 Å². The molecule has 0 radical (unpaired) electrons. The molecule has 122 valence electrons. The number of benzene rings is 1. The topological polar surface area (TPSA) is 63.5 Å². The SMILES string of the molecule is CCOc1ccc(NC(=O)NC2CCCc3occc32)cc1C. The predicted molar refractivity (Wildman–Crippen MR) is 88.9 cm³/mol. The van der Waals surface area contributed by atoms with Crippen molar-refractivity contribution in [2.24, 2.45) is 0 Å². The van der Waals surface area contributed by atoms with Gasteiger partial charge in [-0.1, -0.05) is 0 Å². The molecule has 1 atom stereocenters. The first-order valence-electron chi connectivity index (χ1n) is 8.04. The van der Waals surface area contributed by atoms with E-state index in [0.717, 1.165) is 47.6 Å². The van der Waals surface area contributed by atoms with Gasteiger partial charge in [0, 0.05) is 17.7 Å². The molecule has 0 saturated heterocycles. The van der Waals surface area contributed by atoms with Crippen LogP contribution in [-0.4, -0.2) is 12.6 Å². The fourth-order valence-corrected chi connectivity index (χ4v) is 3.01. The van der Waals surface area contributed by atoms with E-state index in [1.807, 2.05) is 38.1 Å². The summed E-state index contributed by atoms with van der Waals surface area (Å²) in [6, 6.07) is 7.40. The van der Waals surface area contributed by atoms with E-state index in [-0.39, 0.29) is 12.1 Å². The van der Waals surface area contributed by atoms with Gasteiger partial charge in [0.1, 0.15) is 11.5 Å². The van der Waals surface area contributed by atoms with E-state index in [9.17, 15) is 4.79 Å². The molecule has 1 heterocycles. The summed E-state index contributed by atoms with van der Waals surface area (Å²) in [4.78, 5) is 12.3. The van der Waals surface area contributed by atoms with Crippen molar-refractivity contribution in [3.8, 4) is 5.75 Å². The van der Waals surface area contributed by atoms with Crippen LogP contribution in [0, 0.1) is 6.92 Å². The minimum absolute atomic E-state index is 0.0151. The highest BCUT2D eigenvalue weighted by Crippen LogP contribution is 2.30. The minimum atomic E-state index is -0.201. The summed E-state index contributed by atoms with van der Waals surface area (Å²) in [7, 11) is 0. The van der Waals surface area contributed by atoms with E-state index in [4.69, 9.17) is 9.15 Å². The Morgan fingerprint density at radius 2 is 2.26 bits per heavy atom. The van der Waals surface area contributed by atoms with Crippen LogP contribution in [0.5, 0.6) is 5.75 Å². The molecule has 1 aliphatic carbocycles. The summed E-state index contributed by atoms with van der Waals surface area (Å²) in [6.45, 7) is 4.54. The number of carbonyl (C=O) groups is 1. The van der Waals surface area contributed by atoms with Gasteiger partial charge in [-0.3, -0.25) is 0 Å². The average Bonchev–Trinajstić information content (AvgIpc) is 3.00. The van der Waals surface area contributed by atoms with Crippen molar-refractivity contribution in [3.63, 3.8) is 0 Å². The van der Waals surface area contributed by atoms with Crippen LogP contribution < -0.4 is 15.4 Å². The molecule has 5 nitrogen and oxygen atoms in total. The number of rotatable bonds is 4. The van der Waals surface area contributed by atoms with Gasteiger partial charge in [0.05, 0.1) is 18.9 Å². The first kappa shape index (κ1) is 15.5. The Morgan fingerprint density at radius 1 is 1.39 bits per heavy atom. The standard InChI is InChI=1S/C18H22N2O3/c1-3-22-16-8-7-13(11-12(16)2)19-18(21)20-15-5-4-6-17-14(15)9-10-23-17/h7-11,15H,3-6H2,1-2H3,(H2,19,20,21). The molecule has 2 aromatic rings. The maximum absolute atomic E-state index is 12.3. The number of furan rings is 1. The Bertz CT molecular complexity index is 693. The number of anilines is 1. The van der Waals surface area contributed by atoms with Crippen molar-refractivity contribution in [1.82, 2.24) is 5.32 Å². The average molecular weight is 314 g/mol. The number of hydrogen-bond acceptors (Lipinski definition) is 3. The molecule has 23 heavy (non-hydrogen) atoms. The van der Waals surface area contributed by atoms with Gasteiger partial charge in [-0.05, 0) is 56.5 Å². The molecule has 0 saturated carbocycles. The maximum atomic E-state index is 12.3. The monoisotopic (exact) mass is 314 g/mol. The van der Waals surface area contributed by atoms with Crippen molar-refractivity contribution in [2.75, 3.05) is 11.9 Å². The highest BCUT2D eigenvalue weighted by molar-refractivity contribution is 5.89. The van der Waals surface area contributed by atoms with Crippen molar-refractivity contribution in [2.45, 2.75) is 39.2 Å². The van der Waals surface area contributed by atoms with Crippen LogP contribution in [0.2, 0.25) is 0 Å². The largest absolute Gasteiger partial charge is 0.494 e. The van der Waals surface area contributed by atoms with Crippen LogP contribution >= 0.6 is 0 Å². The van der Waals surface area contributed by atoms with Gasteiger partial charge in [0.25, 0.3) is 0 Å². The smallest absolute Gasteiger partial charge is 0.319 e. The lowest BCUT2D eigenvalue weighted by Crippen LogP contribution is -2.34. The number of aryl methyl sites for hydroxylation is 2. The summed E-state index contributed by atoms with van der Waals surface area (Å²) in [5.41, 5.74) is 2.85.